The van der Waals surface area contributed by atoms with Crippen LogP contribution in [0.3, 0.4) is 0 Å². The van der Waals surface area contributed by atoms with Crippen LogP contribution in [0.15, 0.2) is 48.8 Å². The number of hydrogen-bond donors (Lipinski definition) is 2. The number of carbonyl (C=O) groups excluding carboxylic acids is 4. The van der Waals surface area contributed by atoms with Crippen molar-refractivity contribution in [3.63, 3.8) is 0 Å². The fourth-order valence-corrected chi connectivity index (χ4v) is 5.47. The minimum atomic E-state index is -4.51. The molecule has 0 aliphatic carbocycles. The molecular formula is C36H48N5O14P. The smallest absolute Gasteiger partial charge is 0.464 e. The van der Waals surface area contributed by atoms with Gasteiger partial charge in [-0.05, 0) is 55.2 Å². The highest BCUT2D eigenvalue weighted by Crippen LogP contribution is 2.43. The number of carbonyl (C=O) groups is 4. The third-order valence-corrected chi connectivity index (χ3v) is 8.52. The lowest BCUT2D eigenvalue weighted by Gasteiger charge is -2.24. The number of esters is 2. The summed E-state index contributed by atoms with van der Waals surface area (Å²) in [5.74, 6) is -1.01. The molecule has 0 radical (unpaired) electrons. The van der Waals surface area contributed by atoms with Crippen molar-refractivity contribution in [3.8, 4) is 0 Å². The van der Waals surface area contributed by atoms with Crippen molar-refractivity contribution < 1.29 is 66.5 Å². The van der Waals surface area contributed by atoms with Crippen LogP contribution in [0.5, 0.6) is 0 Å². The van der Waals surface area contributed by atoms with E-state index in [-0.39, 0.29) is 78.5 Å². The van der Waals surface area contributed by atoms with Crippen LogP contribution in [0.4, 0.5) is 5.69 Å². The van der Waals surface area contributed by atoms with Crippen molar-refractivity contribution >= 4 is 50.5 Å². The standard InChI is InChI=1S/C36H48N5O14P/c1-29-6-10-31(37-22-29)11-7-30-8-12-33(13-9-30)40(16-17-42)14-15-41-23-32(38-39-41)24-52-36(46)4-2-18-49-20-21-51-35(45)5-3-19-54-56(47,48)55-26-34(53-28-44)25-50-27-43/h6-13,22-23,27-28,34,42H,2-5,14-21,24-26H2,1H3,(H,47,48)/b11-7+. The number of benzene rings is 1. The molecule has 0 saturated carbocycles. The predicted octanol–water partition coefficient (Wildman–Crippen LogP) is 2.66. The fourth-order valence-electron chi connectivity index (χ4n) is 4.68. The van der Waals surface area contributed by atoms with Crippen molar-refractivity contribution in [1.82, 2.24) is 20.0 Å². The van der Waals surface area contributed by atoms with Crippen molar-refractivity contribution in [2.24, 2.45) is 0 Å². The van der Waals surface area contributed by atoms with Gasteiger partial charge in [-0.1, -0.05) is 29.5 Å². The van der Waals surface area contributed by atoms with Gasteiger partial charge in [0.2, 0.25) is 0 Å². The minimum Gasteiger partial charge on any atom is -0.464 e. The van der Waals surface area contributed by atoms with E-state index in [4.69, 9.17) is 23.3 Å². The molecule has 0 bridgehead atoms. The van der Waals surface area contributed by atoms with Crippen LogP contribution in [0.1, 0.15) is 48.2 Å². The molecule has 1 aromatic carbocycles. The number of rotatable bonds is 30. The van der Waals surface area contributed by atoms with Crippen LogP contribution < -0.4 is 4.90 Å². The molecule has 56 heavy (non-hydrogen) atoms. The molecule has 0 aliphatic rings. The number of hydrogen-bond acceptors (Lipinski definition) is 17. The number of phosphoric ester groups is 1. The van der Waals surface area contributed by atoms with Crippen LogP contribution in [0.25, 0.3) is 12.2 Å². The van der Waals surface area contributed by atoms with E-state index in [1.807, 2.05) is 66.6 Å². The molecule has 306 valence electrons. The number of ether oxygens (including phenoxy) is 5. The number of aromatic nitrogens is 4. The van der Waals surface area contributed by atoms with E-state index in [2.05, 4.69) is 24.8 Å². The molecule has 0 spiro atoms. The number of phosphoric acid groups is 1. The Bertz CT molecular complexity index is 1690. The first-order chi connectivity index (χ1) is 27.1. The number of aliphatic hydroxyl groups excluding tert-OH is 1. The first-order valence-electron chi connectivity index (χ1n) is 17.7. The predicted molar refractivity (Wildman–Crippen MR) is 198 cm³/mol. The summed E-state index contributed by atoms with van der Waals surface area (Å²) in [5.41, 5.74) is 4.45. The zero-order chi connectivity index (χ0) is 40.4. The molecule has 0 fully saturated rings. The second-order valence-corrected chi connectivity index (χ2v) is 13.4. The molecule has 2 aromatic heterocycles. The van der Waals surface area contributed by atoms with Gasteiger partial charge in [0, 0.05) is 44.4 Å². The Morgan fingerprint density at radius 3 is 2.39 bits per heavy atom. The summed E-state index contributed by atoms with van der Waals surface area (Å²) in [6.45, 7) is 2.69. The molecule has 2 heterocycles. The maximum absolute atomic E-state index is 12.2. The molecule has 0 saturated heterocycles. The normalized spacial score (nSPS) is 12.8. The maximum atomic E-state index is 12.2. The molecule has 3 rings (SSSR count). The average Bonchev–Trinajstić information content (AvgIpc) is 3.66. The summed E-state index contributed by atoms with van der Waals surface area (Å²) >= 11 is 0. The third-order valence-electron chi connectivity index (χ3n) is 7.54. The molecular weight excluding hydrogens is 757 g/mol. The van der Waals surface area contributed by atoms with E-state index in [1.165, 1.54) is 0 Å². The molecule has 19 nitrogen and oxygen atoms in total. The molecule has 2 atom stereocenters. The number of pyridine rings is 1. The largest absolute Gasteiger partial charge is 0.472 e. The Morgan fingerprint density at radius 2 is 1.68 bits per heavy atom. The summed E-state index contributed by atoms with van der Waals surface area (Å²) in [4.78, 5) is 60.9. The third kappa shape index (κ3) is 19.0. The van der Waals surface area contributed by atoms with Crippen LogP contribution >= 0.6 is 7.82 Å². The Kier molecular flexibility index (Phi) is 21.0. The second-order valence-electron chi connectivity index (χ2n) is 12.0. The molecule has 0 aliphatic heterocycles. The molecule has 0 amide bonds. The van der Waals surface area contributed by atoms with Crippen molar-refractivity contribution in [2.45, 2.75) is 51.9 Å². The first-order valence-corrected chi connectivity index (χ1v) is 19.2. The summed E-state index contributed by atoms with van der Waals surface area (Å²) in [6.07, 6.45) is 6.82. The topological polar surface area (TPSA) is 237 Å². The Labute approximate surface area is 324 Å². The van der Waals surface area contributed by atoms with Crippen LogP contribution in [0.2, 0.25) is 0 Å². The maximum Gasteiger partial charge on any atom is 0.472 e. The number of nitrogens with zero attached hydrogens (tertiary/aromatic N) is 5. The Hall–Kier alpha value is -5.04. The van der Waals surface area contributed by atoms with Crippen LogP contribution in [-0.4, -0.2) is 120 Å². The lowest BCUT2D eigenvalue weighted by Crippen LogP contribution is -2.30. The fraction of sp³-hybridized carbons (Fsp3) is 0.472. The quantitative estimate of drug-likeness (QED) is 0.0324. The van der Waals surface area contributed by atoms with Gasteiger partial charge in [-0.25, -0.2) is 4.57 Å². The van der Waals surface area contributed by atoms with Crippen LogP contribution in [-0.2, 0) is 69.6 Å². The van der Waals surface area contributed by atoms with Gasteiger partial charge < -0.3 is 38.6 Å². The van der Waals surface area contributed by atoms with Gasteiger partial charge in [-0.3, -0.25) is 37.9 Å². The van der Waals surface area contributed by atoms with Gasteiger partial charge in [-0.15, -0.1) is 5.10 Å². The van der Waals surface area contributed by atoms with E-state index in [1.54, 1.807) is 10.9 Å². The molecule has 20 heteroatoms. The van der Waals surface area contributed by atoms with Gasteiger partial charge in [-0.2, -0.15) is 0 Å². The molecule has 3 aromatic rings. The average molecular weight is 806 g/mol. The zero-order valence-corrected chi connectivity index (χ0v) is 32.0. The van der Waals surface area contributed by atoms with Crippen molar-refractivity contribution in [1.29, 1.82) is 0 Å². The first kappa shape index (κ1) is 45.4. The number of aliphatic hydroxyl groups is 1. The van der Waals surface area contributed by atoms with Gasteiger partial charge in [0.1, 0.15) is 25.5 Å². The van der Waals surface area contributed by atoms with Gasteiger partial charge in [0.05, 0.1) is 44.9 Å². The van der Waals surface area contributed by atoms with E-state index in [9.17, 15) is 33.7 Å². The minimum absolute atomic E-state index is 0.0139. The second kappa shape index (κ2) is 25.9. The highest BCUT2D eigenvalue weighted by atomic mass is 31.2. The lowest BCUT2D eigenvalue weighted by atomic mass is 10.1. The number of aryl methyl sites for hydroxylation is 1. The summed E-state index contributed by atoms with van der Waals surface area (Å²) in [5, 5.41) is 17.8. The summed E-state index contributed by atoms with van der Waals surface area (Å²) in [7, 11) is -4.51. The molecule has 2 unspecified atom stereocenters. The summed E-state index contributed by atoms with van der Waals surface area (Å²) in [6, 6.07) is 12.0. The zero-order valence-electron chi connectivity index (χ0n) is 31.1. The van der Waals surface area contributed by atoms with Gasteiger partial charge in [0.15, 0.2) is 6.10 Å². The van der Waals surface area contributed by atoms with Crippen LogP contribution in [0, 0.1) is 6.92 Å². The monoisotopic (exact) mass is 805 g/mol. The van der Waals surface area contributed by atoms with E-state index >= 15 is 0 Å². The summed E-state index contributed by atoms with van der Waals surface area (Å²) < 4.78 is 47.7. The molecule has 2 N–H and O–H groups in total. The SMILES string of the molecule is Cc1ccc(/C=C/c2ccc(N(CCO)CCn3cc(COC(=O)CCCOCCOC(=O)CCCOP(=O)(O)OCC(COC=O)OC=O)nn3)cc2)nc1. The van der Waals surface area contributed by atoms with E-state index in [0.717, 1.165) is 22.5 Å². The van der Waals surface area contributed by atoms with Crippen molar-refractivity contribution in [2.75, 3.05) is 64.2 Å². The highest BCUT2D eigenvalue weighted by molar-refractivity contribution is 7.47. The lowest BCUT2D eigenvalue weighted by molar-refractivity contribution is -0.145. The van der Waals surface area contributed by atoms with Gasteiger partial charge >= 0.3 is 19.8 Å². The Morgan fingerprint density at radius 1 is 0.911 bits per heavy atom. The van der Waals surface area contributed by atoms with E-state index in [0.29, 0.717) is 31.7 Å². The number of anilines is 1. The van der Waals surface area contributed by atoms with E-state index < -0.39 is 32.5 Å². The van der Waals surface area contributed by atoms with Crippen molar-refractivity contribution in [3.05, 3.63) is 71.3 Å². The Balaban J connectivity index is 1.22. The highest BCUT2D eigenvalue weighted by Gasteiger charge is 2.24. The van der Waals surface area contributed by atoms with Gasteiger partial charge in [0.25, 0.3) is 12.9 Å².